The summed E-state index contributed by atoms with van der Waals surface area (Å²) in [5.74, 6) is -0.0508. The van der Waals surface area contributed by atoms with Crippen LogP contribution in [0.1, 0.15) is 15.9 Å². The summed E-state index contributed by atoms with van der Waals surface area (Å²) in [4.78, 5) is 11.1. The standard InChI is InChI=1S/C16H15ClO4/c1-11-2-5-13(6-3-11)20-8-9-21-15-7-4-12(17)10-14(15)16(18)19/h2-7,10H,8-9H2,1H3,(H,18,19). The second-order valence-corrected chi connectivity index (χ2v) is 4.89. The molecule has 0 aromatic heterocycles. The Morgan fingerprint density at radius 2 is 1.76 bits per heavy atom. The van der Waals surface area contributed by atoms with Crippen molar-refractivity contribution in [2.45, 2.75) is 6.92 Å². The molecule has 4 nitrogen and oxygen atoms in total. The number of carboxylic acid groups (broad SMARTS) is 1. The number of hydrogen-bond donors (Lipinski definition) is 1. The predicted molar refractivity (Wildman–Crippen MR) is 80.6 cm³/mol. The molecule has 0 bridgehead atoms. The van der Waals surface area contributed by atoms with Gasteiger partial charge in [0, 0.05) is 5.02 Å². The normalized spacial score (nSPS) is 10.2. The number of aromatic carboxylic acids is 1. The maximum Gasteiger partial charge on any atom is 0.339 e. The van der Waals surface area contributed by atoms with Crippen molar-refractivity contribution in [3.63, 3.8) is 0 Å². The van der Waals surface area contributed by atoms with E-state index in [9.17, 15) is 4.79 Å². The Hall–Kier alpha value is -2.20. The third-order valence-corrected chi connectivity index (χ3v) is 3.04. The van der Waals surface area contributed by atoms with Gasteiger partial charge in [0.1, 0.15) is 30.3 Å². The first-order valence-electron chi connectivity index (χ1n) is 6.41. The summed E-state index contributed by atoms with van der Waals surface area (Å²) in [6.45, 7) is 2.57. The summed E-state index contributed by atoms with van der Waals surface area (Å²) in [5, 5.41) is 9.44. The van der Waals surface area contributed by atoms with E-state index in [1.165, 1.54) is 12.1 Å². The summed E-state index contributed by atoms with van der Waals surface area (Å²) in [7, 11) is 0. The summed E-state index contributed by atoms with van der Waals surface area (Å²) in [6.07, 6.45) is 0. The second kappa shape index (κ2) is 6.99. The Kier molecular flexibility index (Phi) is 5.06. The Bertz CT molecular complexity index is 623. The van der Waals surface area contributed by atoms with Crippen LogP contribution in [0.5, 0.6) is 11.5 Å². The van der Waals surface area contributed by atoms with Gasteiger partial charge in [-0.3, -0.25) is 0 Å². The van der Waals surface area contributed by atoms with E-state index < -0.39 is 5.97 Å². The maximum absolute atomic E-state index is 11.1. The van der Waals surface area contributed by atoms with Crippen molar-refractivity contribution in [3.8, 4) is 11.5 Å². The highest BCUT2D eigenvalue weighted by Crippen LogP contribution is 2.23. The van der Waals surface area contributed by atoms with Crippen molar-refractivity contribution in [1.29, 1.82) is 0 Å². The first-order valence-corrected chi connectivity index (χ1v) is 6.79. The van der Waals surface area contributed by atoms with Gasteiger partial charge in [-0.25, -0.2) is 4.79 Å². The minimum Gasteiger partial charge on any atom is -0.490 e. The Balaban J connectivity index is 1.89. The fourth-order valence-electron chi connectivity index (χ4n) is 1.74. The van der Waals surface area contributed by atoms with Gasteiger partial charge in [-0.05, 0) is 37.3 Å². The lowest BCUT2D eigenvalue weighted by Crippen LogP contribution is -2.11. The zero-order valence-corrected chi connectivity index (χ0v) is 12.3. The molecule has 0 heterocycles. The van der Waals surface area contributed by atoms with Crippen LogP contribution in [-0.2, 0) is 0 Å². The van der Waals surface area contributed by atoms with Crippen molar-refractivity contribution in [2.75, 3.05) is 13.2 Å². The zero-order valence-electron chi connectivity index (χ0n) is 11.5. The molecular formula is C16H15ClO4. The van der Waals surface area contributed by atoms with Gasteiger partial charge < -0.3 is 14.6 Å². The van der Waals surface area contributed by atoms with Crippen LogP contribution >= 0.6 is 11.6 Å². The molecule has 110 valence electrons. The molecule has 0 saturated carbocycles. The largest absolute Gasteiger partial charge is 0.490 e. The smallest absolute Gasteiger partial charge is 0.339 e. The van der Waals surface area contributed by atoms with E-state index in [2.05, 4.69) is 0 Å². The first kappa shape index (κ1) is 15.2. The third-order valence-electron chi connectivity index (χ3n) is 2.80. The van der Waals surface area contributed by atoms with E-state index in [1.807, 2.05) is 31.2 Å². The van der Waals surface area contributed by atoms with Crippen molar-refractivity contribution in [3.05, 3.63) is 58.6 Å². The quantitative estimate of drug-likeness (QED) is 0.825. The maximum atomic E-state index is 11.1. The van der Waals surface area contributed by atoms with Gasteiger partial charge in [-0.15, -0.1) is 0 Å². The number of ether oxygens (including phenoxy) is 2. The van der Waals surface area contributed by atoms with E-state index in [4.69, 9.17) is 26.2 Å². The molecule has 0 spiro atoms. The molecule has 0 radical (unpaired) electrons. The van der Waals surface area contributed by atoms with Gasteiger partial charge in [0.2, 0.25) is 0 Å². The molecule has 21 heavy (non-hydrogen) atoms. The summed E-state index contributed by atoms with van der Waals surface area (Å²) < 4.78 is 10.9. The monoisotopic (exact) mass is 306 g/mol. The molecule has 0 aliphatic rings. The summed E-state index contributed by atoms with van der Waals surface area (Å²) >= 11 is 5.77. The van der Waals surface area contributed by atoms with Gasteiger partial charge in [0.25, 0.3) is 0 Å². The topological polar surface area (TPSA) is 55.8 Å². The van der Waals surface area contributed by atoms with Crippen molar-refractivity contribution in [2.24, 2.45) is 0 Å². The van der Waals surface area contributed by atoms with Crippen LogP contribution in [0.3, 0.4) is 0 Å². The number of hydrogen-bond acceptors (Lipinski definition) is 3. The lowest BCUT2D eigenvalue weighted by atomic mass is 10.2. The number of carboxylic acids is 1. The zero-order chi connectivity index (χ0) is 15.2. The van der Waals surface area contributed by atoms with E-state index in [-0.39, 0.29) is 17.9 Å². The molecule has 0 amide bonds. The number of halogens is 1. The minimum absolute atomic E-state index is 0.0397. The highest BCUT2D eigenvalue weighted by Gasteiger charge is 2.11. The minimum atomic E-state index is -1.08. The van der Waals surface area contributed by atoms with E-state index in [1.54, 1.807) is 6.07 Å². The lowest BCUT2D eigenvalue weighted by molar-refractivity contribution is 0.0691. The Morgan fingerprint density at radius 3 is 2.43 bits per heavy atom. The molecule has 1 N–H and O–H groups in total. The molecule has 2 aromatic carbocycles. The number of benzene rings is 2. The first-order chi connectivity index (χ1) is 10.1. The van der Waals surface area contributed by atoms with Crippen LogP contribution in [0.4, 0.5) is 0 Å². The van der Waals surface area contributed by atoms with Gasteiger partial charge >= 0.3 is 5.97 Å². The molecule has 2 aromatic rings. The predicted octanol–water partition coefficient (Wildman–Crippen LogP) is 3.80. The third kappa shape index (κ3) is 4.39. The fourth-order valence-corrected chi connectivity index (χ4v) is 1.91. The number of carbonyl (C=O) groups is 1. The van der Waals surface area contributed by atoms with Crippen LogP contribution in [-0.4, -0.2) is 24.3 Å². The molecule has 0 aliphatic heterocycles. The lowest BCUT2D eigenvalue weighted by Gasteiger charge is -2.10. The Morgan fingerprint density at radius 1 is 1.10 bits per heavy atom. The average Bonchev–Trinajstić information content (AvgIpc) is 2.46. The van der Waals surface area contributed by atoms with Crippen LogP contribution in [0.15, 0.2) is 42.5 Å². The average molecular weight is 307 g/mol. The van der Waals surface area contributed by atoms with Crippen LogP contribution in [0.25, 0.3) is 0 Å². The summed E-state index contributed by atoms with van der Waals surface area (Å²) in [6, 6.07) is 12.2. The molecule has 0 saturated heterocycles. The van der Waals surface area contributed by atoms with Crippen LogP contribution < -0.4 is 9.47 Å². The fraction of sp³-hybridized carbons (Fsp3) is 0.188. The van der Waals surface area contributed by atoms with Crippen molar-refractivity contribution < 1.29 is 19.4 Å². The van der Waals surface area contributed by atoms with E-state index in [0.29, 0.717) is 11.6 Å². The molecule has 0 unspecified atom stereocenters. The Labute approximate surface area is 127 Å². The molecular weight excluding hydrogens is 292 g/mol. The highest BCUT2D eigenvalue weighted by atomic mass is 35.5. The van der Waals surface area contributed by atoms with E-state index >= 15 is 0 Å². The molecule has 5 heteroatoms. The van der Waals surface area contributed by atoms with Crippen LogP contribution in [0.2, 0.25) is 5.02 Å². The molecule has 0 atom stereocenters. The van der Waals surface area contributed by atoms with Gasteiger partial charge in [-0.1, -0.05) is 29.3 Å². The SMILES string of the molecule is Cc1ccc(OCCOc2ccc(Cl)cc2C(=O)O)cc1. The van der Waals surface area contributed by atoms with Crippen molar-refractivity contribution >= 4 is 17.6 Å². The van der Waals surface area contributed by atoms with Gasteiger partial charge in [-0.2, -0.15) is 0 Å². The molecule has 0 fully saturated rings. The number of aryl methyl sites for hydroxylation is 1. The van der Waals surface area contributed by atoms with Gasteiger partial charge in [0.15, 0.2) is 0 Å². The van der Waals surface area contributed by atoms with Crippen LogP contribution in [0, 0.1) is 6.92 Å². The second-order valence-electron chi connectivity index (χ2n) is 4.46. The highest BCUT2D eigenvalue weighted by molar-refractivity contribution is 6.31. The van der Waals surface area contributed by atoms with Gasteiger partial charge in [0.05, 0.1) is 0 Å². The van der Waals surface area contributed by atoms with E-state index in [0.717, 1.165) is 11.3 Å². The summed E-state index contributed by atoms with van der Waals surface area (Å²) in [5.41, 5.74) is 1.20. The molecule has 2 rings (SSSR count). The number of rotatable bonds is 6. The van der Waals surface area contributed by atoms with Crippen molar-refractivity contribution in [1.82, 2.24) is 0 Å². The molecule has 0 aliphatic carbocycles.